The van der Waals surface area contributed by atoms with Crippen molar-refractivity contribution in [2.45, 2.75) is 25.9 Å². The first-order valence-electron chi connectivity index (χ1n) is 9.36. The number of aromatic nitrogens is 1. The van der Waals surface area contributed by atoms with E-state index in [0.717, 1.165) is 45.9 Å². The minimum atomic E-state index is 0.278. The molecule has 25 heavy (non-hydrogen) atoms. The van der Waals surface area contributed by atoms with Crippen molar-refractivity contribution in [2.75, 3.05) is 39.4 Å². The predicted molar refractivity (Wildman–Crippen MR) is 98.5 cm³/mol. The normalized spacial score (nSPS) is 24.9. The van der Waals surface area contributed by atoms with Crippen LogP contribution in [0.25, 0.3) is 10.9 Å². The highest BCUT2D eigenvalue weighted by Crippen LogP contribution is 2.23. The van der Waals surface area contributed by atoms with Gasteiger partial charge in [-0.15, -0.1) is 0 Å². The number of carbonyl (C=O) groups excluding carboxylic acids is 1. The molecule has 0 saturated carbocycles. The Morgan fingerprint density at radius 1 is 1.16 bits per heavy atom. The summed E-state index contributed by atoms with van der Waals surface area (Å²) in [5.74, 6) is 0.815. The molecule has 0 unspecified atom stereocenters. The molecule has 134 valence electrons. The Hall–Kier alpha value is -1.85. The van der Waals surface area contributed by atoms with Gasteiger partial charge in [0, 0.05) is 56.9 Å². The second kappa shape index (κ2) is 7.18. The monoisotopic (exact) mass is 341 g/mol. The number of hydrogen-bond acceptors (Lipinski definition) is 3. The second-order valence-electron chi connectivity index (χ2n) is 7.31. The summed E-state index contributed by atoms with van der Waals surface area (Å²) in [6.07, 6.45) is 2.66. The van der Waals surface area contributed by atoms with Crippen molar-refractivity contribution in [3.05, 3.63) is 36.5 Å². The number of rotatable bonds is 4. The van der Waals surface area contributed by atoms with Gasteiger partial charge < -0.3 is 14.2 Å². The van der Waals surface area contributed by atoms with Gasteiger partial charge >= 0.3 is 0 Å². The van der Waals surface area contributed by atoms with Gasteiger partial charge in [-0.1, -0.05) is 25.1 Å². The van der Waals surface area contributed by atoms with Crippen LogP contribution in [-0.2, 0) is 16.1 Å². The first kappa shape index (κ1) is 16.6. The average Bonchev–Trinajstić information content (AvgIpc) is 3.24. The van der Waals surface area contributed by atoms with Gasteiger partial charge in [0.25, 0.3) is 0 Å². The summed E-state index contributed by atoms with van der Waals surface area (Å²) in [7, 11) is 0. The maximum atomic E-state index is 12.7. The first-order valence-corrected chi connectivity index (χ1v) is 9.36. The van der Waals surface area contributed by atoms with Crippen LogP contribution in [0, 0.1) is 5.92 Å². The second-order valence-corrected chi connectivity index (χ2v) is 7.31. The number of amides is 1. The highest BCUT2D eigenvalue weighted by Gasteiger charge is 2.36. The molecule has 5 heteroatoms. The van der Waals surface area contributed by atoms with Crippen LogP contribution in [0.3, 0.4) is 0 Å². The molecule has 1 amide bonds. The molecule has 1 aromatic carbocycles. The van der Waals surface area contributed by atoms with E-state index in [0.29, 0.717) is 18.4 Å². The topological polar surface area (TPSA) is 37.7 Å². The first-order chi connectivity index (χ1) is 12.2. The summed E-state index contributed by atoms with van der Waals surface area (Å²) in [6, 6.07) is 10.9. The van der Waals surface area contributed by atoms with E-state index in [-0.39, 0.29) is 5.91 Å². The summed E-state index contributed by atoms with van der Waals surface area (Å²) in [5.41, 5.74) is 1.20. The number of morpholine rings is 1. The fourth-order valence-corrected chi connectivity index (χ4v) is 4.25. The number of ether oxygens (including phenoxy) is 1. The Kier molecular flexibility index (Phi) is 4.77. The van der Waals surface area contributed by atoms with Crippen molar-refractivity contribution < 1.29 is 9.53 Å². The molecular weight excluding hydrogens is 314 g/mol. The lowest BCUT2D eigenvalue weighted by Gasteiger charge is -2.34. The lowest BCUT2D eigenvalue weighted by Crippen LogP contribution is -2.47. The zero-order valence-corrected chi connectivity index (χ0v) is 14.9. The van der Waals surface area contributed by atoms with Crippen LogP contribution < -0.4 is 0 Å². The molecule has 5 nitrogen and oxygen atoms in total. The van der Waals surface area contributed by atoms with Crippen LogP contribution >= 0.6 is 0 Å². The zero-order valence-electron chi connectivity index (χ0n) is 14.9. The lowest BCUT2D eigenvalue weighted by molar-refractivity contribution is -0.130. The summed E-state index contributed by atoms with van der Waals surface area (Å²) in [5, 5.41) is 1.23. The van der Waals surface area contributed by atoms with E-state index in [1.165, 1.54) is 10.9 Å². The SMILES string of the molecule is C[C@@H]1CN(C(=O)CCn2ccc3ccccc32)C[C@H]1N1CCOCC1. The molecule has 0 spiro atoms. The van der Waals surface area contributed by atoms with Crippen LogP contribution in [0.1, 0.15) is 13.3 Å². The molecule has 2 aliphatic rings. The number of benzene rings is 1. The Morgan fingerprint density at radius 3 is 2.80 bits per heavy atom. The van der Waals surface area contributed by atoms with Crippen LogP contribution in [0.2, 0.25) is 0 Å². The third kappa shape index (κ3) is 3.44. The van der Waals surface area contributed by atoms with Gasteiger partial charge in [0.2, 0.25) is 5.91 Å². The summed E-state index contributed by atoms with van der Waals surface area (Å²) in [4.78, 5) is 17.3. The van der Waals surface area contributed by atoms with E-state index < -0.39 is 0 Å². The minimum Gasteiger partial charge on any atom is -0.379 e. The lowest BCUT2D eigenvalue weighted by atomic mass is 10.0. The molecule has 3 heterocycles. The van der Waals surface area contributed by atoms with Gasteiger partial charge in [-0.3, -0.25) is 9.69 Å². The van der Waals surface area contributed by atoms with Crippen molar-refractivity contribution in [1.29, 1.82) is 0 Å². The van der Waals surface area contributed by atoms with Crippen LogP contribution in [0.5, 0.6) is 0 Å². The predicted octanol–water partition coefficient (Wildman–Crippen LogP) is 2.21. The minimum absolute atomic E-state index is 0.278. The summed E-state index contributed by atoms with van der Waals surface area (Å²) in [6.45, 7) is 8.39. The number of likely N-dealkylation sites (tertiary alicyclic amines) is 1. The largest absolute Gasteiger partial charge is 0.379 e. The van der Waals surface area contributed by atoms with Gasteiger partial charge in [-0.25, -0.2) is 0 Å². The molecule has 2 saturated heterocycles. The van der Waals surface area contributed by atoms with E-state index in [9.17, 15) is 4.79 Å². The van der Waals surface area contributed by atoms with E-state index >= 15 is 0 Å². The van der Waals surface area contributed by atoms with Gasteiger partial charge in [0.15, 0.2) is 0 Å². The fraction of sp³-hybridized carbons (Fsp3) is 0.550. The third-order valence-electron chi connectivity index (χ3n) is 5.69. The number of nitrogens with zero attached hydrogens (tertiary/aromatic N) is 3. The molecule has 0 radical (unpaired) electrons. The molecule has 0 bridgehead atoms. The van der Waals surface area contributed by atoms with E-state index in [2.05, 4.69) is 57.8 Å². The van der Waals surface area contributed by atoms with Gasteiger partial charge in [0.05, 0.1) is 13.2 Å². The quantitative estimate of drug-likeness (QED) is 0.856. The fourth-order valence-electron chi connectivity index (χ4n) is 4.25. The average molecular weight is 341 g/mol. The van der Waals surface area contributed by atoms with Gasteiger partial charge in [-0.05, 0) is 23.4 Å². The van der Waals surface area contributed by atoms with Crippen molar-refractivity contribution in [2.24, 2.45) is 5.92 Å². The third-order valence-corrected chi connectivity index (χ3v) is 5.69. The van der Waals surface area contributed by atoms with Gasteiger partial charge in [-0.2, -0.15) is 0 Å². The zero-order chi connectivity index (χ0) is 17.2. The van der Waals surface area contributed by atoms with E-state index in [1.807, 2.05) is 0 Å². The molecular formula is C20H27N3O2. The molecule has 0 N–H and O–H groups in total. The van der Waals surface area contributed by atoms with Crippen LogP contribution in [-0.4, -0.2) is 65.7 Å². The molecule has 2 atom stereocenters. The van der Waals surface area contributed by atoms with Crippen molar-refractivity contribution in [1.82, 2.24) is 14.4 Å². The summed E-state index contributed by atoms with van der Waals surface area (Å²) >= 11 is 0. The molecule has 2 fully saturated rings. The number of para-hydroxylation sites is 1. The molecule has 0 aliphatic carbocycles. The van der Waals surface area contributed by atoms with Crippen molar-refractivity contribution in [3.8, 4) is 0 Å². The summed E-state index contributed by atoms with van der Waals surface area (Å²) < 4.78 is 7.65. The highest BCUT2D eigenvalue weighted by molar-refractivity contribution is 5.80. The van der Waals surface area contributed by atoms with E-state index in [4.69, 9.17) is 4.74 Å². The molecule has 4 rings (SSSR count). The number of carbonyl (C=O) groups is 1. The maximum Gasteiger partial charge on any atom is 0.224 e. The number of fused-ring (bicyclic) bond motifs is 1. The highest BCUT2D eigenvalue weighted by atomic mass is 16.5. The molecule has 1 aromatic heterocycles. The van der Waals surface area contributed by atoms with Crippen LogP contribution in [0.15, 0.2) is 36.5 Å². The van der Waals surface area contributed by atoms with Crippen molar-refractivity contribution in [3.63, 3.8) is 0 Å². The Morgan fingerprint density at radius 2 is 1.96 bits per heavy atom. The Bertz CT molecular complexity index is 735. The molecule has 2 aliphatic heterocycles. The number of hydrogen-bond donors (Lipinski definition) is 0. The maximum absolute atomic E-state index is 12.7. The van der Waals surface area contributed by atoms with Crippen molar-refractivity contribution >= 4 is 16.8 Å². The Labute approximate surface area is 149 Å². The Balaban J connectivity index is 1.35. The number of aryl methyl sites for hydroxylation is 1. The van der Waals surface area contributed by atoms with Crippen LogP contribution in [0.4, 0.5) is 0 Å². The van der Waals surface area contributed by atoms with Gasteiger partial charge in [0.1, 0.15) is 0 Å². The molecule has 2 aromatic rings. The van der Waals surface area contributed by atoms with E-state index in [1.54, 1.807) is 0 Å². The smallest absolute Gasteiger partial charge is 0.224 e. The standard InChI is InChI=1S/C20H27N3O2/c1-16-14-23(15-19(16)22-10-12-25-13-11-22)20(24)7-9-21-8-6-17-4-2-3-5-18(17)21/h2-6,8,16,19H,7,9-15H2,1H3/t16-,19-/m1/s1.